The fraction of sp³-hybridized carbons (Fsp3) is 0.733. The third kappa shape index (κ3) is 3.82. The van der Waals surface area contributed by atoms with Crippen molar-refractivity contribution in [1.29, 1.82) is 0 Å². The second kappa shape index (κ2) is 7.43. The van der Waals surface area contributed by atoms with Gasteiger partial charge in [-0.2, -0.15) is 5.10 Å². The molecular formula is C15H25N3O2. The van der Waals surface area contributed by atoms with E-state index < -0.39 is 0 Å². The predicted molar refractivity (Wildman–Crippen MR) is 77.5 cm³/mol. The predicted octanol–water partition coefficient (Wildman–Crippen LogP) is 2.03. The number of nitrogens with zero attached hydrogens (tertiary/aromatic N) is 1. The highest BCUT2D eigenvalue weighted by Gasteiger charge is 2.25. The number of rotatable bonds is 5. The lowest BCUT2D eigenvalue weighted by Gasteiger charge is -2.24. The third-order valence-corrected chi connectivity index (χ3v) is 4.09. The monoisotopic (exact) mass is 279 g/mol. The zero-order valence-corrected chi connectivity index (χ0v) is 12.2. The lowest BCUT2D eigenvalue weighted by Crippen LogP contribution is -2.41. The van der Waals surface area contributed by atoms with E-state index in [-0.39, 0.29) is 24.5 Å². The van der Waals surface area contributed by atoms with Gasteiger partial charge in [0, 0.05) is 24.3 Å². The average molecular weight is 279 g/mol. The quantitative estimate of drug-likeness (QED) is 0.722. The lowest BCUT2D eigenvalue weighted by atomic mass is 9.95. The van der Waals surface area contributed by atoms with Gasteiger partial charge in [-0.3, -0.25) is 9.89 Å². The number of hydrogen-bond acceptors (Lipinski definition) is 3. The van der Waals surface area contributed by atoms with Crippen LogP contribution in [0.1, 0.15) is 61.6 Å². The van der Waals surface area contributed by atoms with Crippen LogP contribution >= 0.6 is 0 Å². The van der Waals surface area contributed by atoms with Crippen molar-refractivity contribution in [2.45, 2.75) is 57.9 Å². The SMILES string of the molecule is CCCc1cc(C(=O)N[C@H]2CCCCC[C@@H]2CO)n[nH]1. The van der Waals surface area contributed by atoms with E-state index in [2.05, 4.69) is 22.4 Å². The van der Waals surface area contributed by atoms with E-state index in [0.29, 0.717) is 5.69 Å². The molecule has 1 fully saturated rings. The zero-order valence-electron chi connectivity index (χ0n) is 12.2. The Hall–Kier alpha value is -1.36. The zero-order chi connectivity index (χ0) is 14.4. The van der Waals surface area contributed by atoms with Crippen molar-refractivity contribution >= 4 is 5.91 Å². The van der Waals surface area contributed by atoms with Crippen molar-refractivity contribution in [3.05, 3.63) is 17.5 Å². The Kier molecular flexibility index (Phi) is 5.59. The highest BCUT2D eigenvalue weighted by molar-refractivity contribution is 5.92. The van der Waals surface area contributed by atoms with Crippen LogP contribution < -0.4 is 5.32 Å². The summed E-state index contributed by atoms with van der Waals surface area (Å²) in [5, 5.41) is 19.5. The van der Waals surface area contributed by atoms with E-state index in [9.17, 15) is 9.90 Å². The van der Waals surface area contributed by atoms with E-state index in [1.807, 2.05) is 6.07 Å². The Bertz CT molecular complexity index is 431. The maximum Gasteiger partial charge on any atom is 0.272 e. The maximum atomic E-state index is 12.2. The van der Waals surface area contributed by atoms with Gasteiger partial charge in [0.2, 0.25) is 0 Å². The standard InChI is InChI=1S/C15H25N3O2/c1-2-6-12-9-14(18-17-12)15(20)16-13-8-5-3-4-7-11(13)10-19/h9,11,13,19H,2-8,10H2,1H3,(H,16,20)(H,17,18)/t11-,13+/m1/s1. The summed E-state index contributed by atoms with van der Waals surface area (Å²) >= 11 is 0. The molecule has 1 aliphatic rings. The van der Waals surface area contributed by atoms with Gasteiger partial charge in [0.25, 0.3) is 5.91 Å². The van der Waals surface area contributed by atoms with Gasteiger partial charge in [0.15, 0.2) is 0 Å². The van der Waals surface area contributed by atoms with Crippen LogP contribution in [-0.2, 0) is 6.42 Å². The minimum atomic E-state index is -0.131. The maximum absolute atomic E-state index is 12.2. The minimum absolute atomic E-state index is 0.0707. The molecule has 0 aromatic carbocycles. The van der Waals surface area contributed by atoms with Crippen LogP contribution in [0.5, 0.6) is 0 Å². The molecule has 0 bridgehead atoms. The number of nitrogens with one attached hydrogen (secondary N) is 2. The van der Waals surface area contributed by atoms with E-state index in [1.54, 1.807) is 0 Å². The Morgan fingerprint density at radius 3 is 3.00 bits per heavy atom. The van der Waals surface area contributed by atoms with Crippen LogP contribution in [-0.4, -0.2) is 33.9 Å². The van der Waals surface area contributed by atoms with Gasteiger partial charge in [-0.15, -0.1) is 0 Å². The van der Waals surface area contributed by atoms with Gasteiger partial charge in [-0.25, -0.2) is 0 Å². The molecule has 1 aromatic heterocycles. The summed E-state index contributed by atoms with van der Waals surface area (Å²) in [6, 6.07) is 1.89. The summed E-state index contributed by atoms with van der Waals surface area (Å²) in [5.74, 6) is 0.0458. The van der Waals surface area contributed by atoms with Gasteiger partial charge in [-0.05, 0) is 25.3 Å². The van der Waals surface area contributed by atoms with Crippen LogP contribution in [0.2, 0.25) is 0 Å². The van der Waals surface area contributed by atoms with E-state index in [4.69, 9.17) is 0 Å². The van der Waals surface area contributed by atoms with Crippen molar-refractivity contribution in [2.24, 2.45) is 5.92 Å². The van der Waals surface area contributed by atoms with E-state index in [1.165, 1.54) is 6.42 Å². The van der Waals surface area contributed by atoms with Gasteiger partial charge >= 0.3 is 0 Å². The molecule has 2 atom stereocenters. The fourth-order valence-electron chi connectivity index (χ4n) is 2.91. The van der Waals surface area contributed by atoms with Crippen LogP contribution in [0.3, 0.4) is 0 Å². The second-order valence-electron chi connectivity index (χ2n) is 5.69. The van der Waals surface area contributed by atoms with Crippen molar-refractivity contribution in [2.75, 3.05) is 6.61 Å². The van der Waals surface area contributed by atoms with Gasteiger partial charge in [0.05, 0.1) is 0 Å². The van der Waals surface area contributed by atoms with Crippen LogP contribution in [0, 0.1) is 5.92 Å². The van der Waals surface area contributed by atoms with Crippen molar-refractivity contribution in [3.8, 4) is 0 Å². The molecule has 1 heterocycles. The summed E-state index contributed by atoms with van der Waals surface area (Å²) in [5.41, 5.74) is 1.45. The van der Waals surface area contributed by atoms with Crippen molar-refractivity contribution < 1.29 is 9.90 Å². The van der Waals surface area contributed by atoms with E-state index in [0.717, 1.165) is 44.2 Å². The Morgan fingerprint density at radius 2 is 2.25 bits per heavy atom. The lowest BCUT2D eigenvalue weighted by molar-refractivity contribution is 0.0894. The number of aliphatic hydroxyl groups excluding tert-OH is 1. The number of carbonyl (C=O) groups is 1. The smallest absolute Gasteiger partial charge is 0.272 e. The van der Waals surface area contributed by atoms with Crippen LogP contribution in [0.15, 0.2) is 6.07 Å². The number of aromatic amines is 1. The fourth-order valence-corrected chi connectivity index (χ4v) is 2.91. The van der Waals surface area contributed by atoms with Gasteiger partial charge in [0.1, 0.15) is 5.69 Å². The Labute approximate surface area is 120 Å². The van der Waals surface area contributed by atoms with Gasteiger partial charge < -0.3 is 10.4 Å². The number of amides is 1. The van der Waals surface area contributed by atoms with Crippen molar-refractivity contribution in [3.63, 3.8) is 0 Å². The molecule has 3 N–H and O–H groups in total. The normalized spacial score (nSPS) is 23.3. The first kappa shape index (κ1) is 15.0. The summed E-state index contributed by atoms with van der Waals surface area (Å²) in [7, 11) is 0. The molecule has 2 rings (SSSR count). The first-order valence-electron chi connectivity index (χ1n) is 7.70. The molecule has 112 valence electrons. The molecule has 5 nitrogen and oxygen atoms in total. The average Bonchev–Trinajstić information content (AvgIpc) is 2.79. The molecule has 1 amide bonds. The highest BCUT2D eigenvalue weighted by Crippen LogP contribution is 2.23. The minimum Gasteiger partial charge on any atom is -0.396 e. The number of aliphatic hydroxyl groups is 1. The van der Waals surface area contributed by atoms with Crippen LogP contribution in [0.4, 0.5) is 0 Å². The number of H-pyrrole nitrogens is 1. The summed E-state index contributed by atoms with van der Waals surface area (Å²) < 4.78 is 0. The Balaban J connectivity index is 1.97. The largest absolute Gasteiger partial charge is 0.396 e. The number of carbonyl (C=O) groups excluding carboxylic acids is 1. The highest BCUT2D eigenvalue weighted by atomic mass is 16.3. The summed E-state index contributed by atoms with van der Waals surface area (Å²) in [4.78, 5) is 12.2. The topological polar surface area (TPSA) is 78.0 Å². The summed E-state index contributed by atoms with van der Waals surface area (Å²) in [6.45, 7) is 2.24. The molecule has 0 spiro atoms. The molecule has 0 saturated heterocycles. The number of hydrogen-bond donors (Lipinski definition) is 3. The molecule has 0 radical (unpaired) electrons. The van der Waals surface area contributed by atoms with Gasteiger partial charge in [-0.1, -0.05) is 32.6 Å². The first-order chi connectivity index (χ1) is 9.74. The summed E-state index contributed by atoms with van der Waals surface area (Å²) in [6.07, 6.45) is 7.31. The number of aryl methyl sites for hydroxylation is 1. The molecular weight excluding hydrogens is 254 g/mol. The molecule has 20 heavy (non-hydrogen) atoms. The third-order valence-electron chi connectivity index (χ3n) is 4.09. The molecule has 0 aliphatic heterocycles. The number of aromatic nitrogens is 2. The second-order valence-corrected chi connectivity index (χ2v) is 5.69. The van der Waals surface area contributed by atoms with E-state index >= 15 is 0 Å². The van der Waals surface area contributed by atoms with Crippen LogP contribution in [0.25, 0.3) is 0 Å². The molecule has 1 aromatic rings. The molecule has 0 unspecified atom stereocenters. The first-order valence-corrected chi connectivity index (χ1v) is 7.70. The molecule has 1 aliphatic carbocycles. The molecule has 5 heteroatoms. The Morgan fingerprint density at radius 1 is 1.45 bits per heavy atom. The molecule has 1 saturated carbocycles. The van der Waals surface area contributed by atoms with Crippen molar-refractivity contribution in [1.82, 2.24) is 15.5 Å².